The Morgan fingerprint density at radius 3 is 2.62 bits per heavy atom. The third kappa shape index (κ3) is 6.07. The number of nitrogens with one attached hydrogen (secondary N) is 1. The number of nitrogens with zero attached hydrogens (tertiary/aromatic N) is 1. The Hall–Kier alpha value is -3.39. The Labute approximate surface area is 187 Å². The fourth-order valence-corrected chi connectivity index (χ4v) is 3.62. The number of carboxylic acid groups (broad SMARTS) is 1. The van der Waals surface area contributed by atoms with Crippen molar-refractivity contribution >= 4 is 23.5 Å². The van der Waals surface area contributed by atoms with E-state index in [0.29, 0.717) is 24.3 Å². The van der Waals surface area contributed by atoms with Gasteiger partial charge in [-0.1, -0.05) is 42.5 Å². The minimum Gasteiger partial charge on any atom is -0.489 e. The number of aliphatic carboxylic acids is 1. The Balaban J connectivity index is 1.79. The average Bonchev–Trinajstić information content (AvgIpc) is 2.92. The van der Waals surface area contributed by atoms with Crippen LogP contribution in [0.2, 0.25) is 0 Å². The lowest BCUT2D eigenvalue weighted by atomic mass is 10.0. The van der Waals surface area contributed by atoms with Gasteiger partial charge in [0.15, 0.2) is 0 Å². The van der Waals surface area contributed by atoms with Gasteiger partial charge in [0.05, 0.1) is 18.7 Å². The van der Waals surface area contributed by atoms with Crippen LogP contribution in [-0.4, -0.2) is 54.8 Å². The molecule has 3 rings (SSSR count). The van der Waals surface area contributed by atoms with E-state index in [1.54, 1.807) is 31.2 Å². The van der Waals surface area contributed by atoms with E-state index in [0.717, 1.165) is 5.56 Å². The first kappa shape index (κ1) is 23.3. The van der Waals surface area contributed by atoms with Gasteiger partial charge in [-0.15, -0.1) is 0 Å². The minimum absolute atomic E-state index is 0.000802. The predicted octanol–water partition coefficient (Wildman–Crippen LogP) is 2.41. The first-order chi connectivity index (χ1) is 15.5. The van der Waals surface area contributed by atoms with Crippen LogP contribution in [0.4, 0.5) is 5.69 Å². The first-order valence-electron chi connectivity index (χ1n) is 10.7. The number of esters is 1. The zero-order chi connectivity index (χ0) is 22.9. The number of anilines is 1. The number of amides is 1. The summed E-state index contributed by atoms with van der Waals surface area (Å²) in [4.78, 5) is 38.5. The largest absolute Gasteiger partial charge is 0.489 e. The summed E-state index contributed by atoms with van der Waals surface area (Å²) in [6.45, 7) is 1.98. The number of hydrogen-bond donors (Lipinski definition) is 2. The lowest BCUT2D eigenvalue weighted by molar-refractivity contribution is -0.146. The van der Waals surface area contributed by atoms with Gasteiger partial charge >= 0.3 is 11.9 Å². The summed E-state index contributed by atoms with van der Waals surface area (Å²) in [5, 5.41) is 12.2. The number of fused-ring (bicyclic) bond motifs is 1. The molecular weight excluding hydrogens is 412 g/mol. The molecule has 0 bridgehead atoms. The maximum atomic E-state index is 13.3. The molecule has 0 saturated carbocycles. The number of carbonyl (C=O) groups excluding carboxylic acids is 2. The van der Waals surface area contributed by atoms with Crippen LogP contribution in [0.25, 0.3) is 0 Å². The third-order valence-corrected chi connectivity index (χ3v) is 5.21. The van der Waals surface area contributed by atoms with Gasteiger partial charge in [0.25, 0.3) is 0 Å². The second kappa shape index (κ2) is 11.3. The molecule has 1 unspecified atom stereocenters. The molecule has 0 saturated heterocycles. The quantitative estimate of drug-likeness (QED) is 0.547. The van der Waals surface area contributed by atoms with Crippen molar-refractivity contribution in [3.63, 3.8) is 0 Å². The molecule has 2 N–H and O–H groups in total. The van der Waals surface area contributed by atoms with Gasteiger partial charge in [-0.3, -0.25) is 19.7 Å². The van der Waals surface area contributed by atoms with Crippen LogP contribution in [0.3, 0.4) is 0 Å². The molecule has 170 valence electrons. The van der Waals surface area contributed by atoms with E-state index in [9.17, 15) is 14.4 Å². The van der Waals surface area contributed by atoms with Crippen LogP contribution in [0, 0.1) is 0 Å². The fourth-order valence-electron chi connectivity index (χ4n) is 3.62. The topological polar surface area (TPSA) is 105 Å². The van der Waals surface area contributed by atoms with E-state index >= 15 is 0 Å². The zero-order valence-electron chi connectivity index (χ0n) is 18.0. The summed E-state index contributed by atoms with van der Waals surface area (Å²) < 4.78 is 11.1. The lowest BCUT2D eigenvalue weighted by Gasteiger charge is -2.27. The highest BCUT2D eigenvalue weighted by Crippen LogP contribution is 2.31. The van der Waals surface area contributed by atoms with Crippen LogP contribution in [0.15, 0.2) is 54.6 Å². The van der Waals surface area contributed by atoms with Crippen LogP contribution in [0.5, 0.6) is 5.75 Å². The van der Waals surface area contributed by atoms with Crippen molar-refractivity contribution in [2.24, 2.45) is 0 Å². The lowest BCUT2D eigenvalue weighted by Crippen LogP contribution is -2.54. The van der Waals surface area contributed by atoms with Gasteiger partial charge in [0, 0.05) is 6.54 Å². The minimum atomic E-state index is -1.00. The molecule has 0 spiro atoms. The van der Waals surface area contributed by atoms with Crippen molar-refractivity contribution < 1.29 is 29.0 Å². The van der Waals surface area contributed by atoms with Gasteiger partial charge in [0.2, 0.25) is 5.91 Å². The van der Waals surface area contributed by atoms with Crippen molar-refractivity contribution in [2.45, 2.75) is 38.3 Å². The Kier molecular flexibility index (Phi) is 8.21. The van der Waals surface area contributed by atoms with Crippen LogP contribution < -0.4 is 15.0 Å². The van der Waals surface area contributed by atoms with Crippen molar-refractivity contribution in [1.82, 2.24) is 5.32 Å². The molecular formula is C24H28N2O6. The van der Waals surface area contributed by atoms with Gasteiger partial charge in [0.1, 0.15) is 24.4 Å². The molecule has 8 heteroatoms. The summed E-state index contributed by atoms with van der Waals surface area (Å²) in [5.74, 6) is -1.29. The highest BCUT2D eigenvalue weighted by Gasteiger charge is 2.34. The monoisotopic (exact) mass is 440 g/mol. The van der Waals surface area contributed by atoms with Crippen molar-refractivity contribution in [3.05, 3.63) is 60.2 Å². The van der Waals surface area contributed by atoms with E-state index in [1.807, 2.05) is 30.3 Å². The normalized spacial score (nSPS) is 16.5. The van der Waals surface area contributed by atoms with E-state index in [1.165, 1.54) is 4.90 Å². The summed E-state index contributed by atoms with van der Waals surface area (Å²) in [6, 6.07) is 15.2. The molecule has 32 heavy (non-hydrogen) atoms. The zero-order valence-corrected chi connectivity index (χ0v) is 18.0. The Bertz CT molecular complexity index is 933. The molecule has 2 aromatic rings. The number of carbonyl (C=O) groups is 3. The maximum absolute atomic E-state index is 13.3. The molecule has 0 aromatic heterocycles. The average molecular weight is 440 g/mol. The summed E-state index contributed by atoms with van der Waals surface area (Å²) in [7, 11) is 0. The van der Waals surface area contributed by atoms with Gasteiger partial charge in [-0.05, 0) is 37.5 Å². The number of rotatable bonds is 10. The Morgan fingerprint density at radius 1 is 1.19 bits per heavy atom. The molecule has 8 nitrogen and oxygen atoms in total. The molecule has 0 aliphatic carbocycles. The van der Waals surface area contributed by atoms with E-state index < -0.39 is 24.0 Å². The second-order valence-electron chi connectivity index (χ2n) is 7.46. The maximum Gasteiger partial charge on any atom is 0.323 e. The van der Waals surface area contributed by atoms with E-state index in [2.05, 4.69) is 5.32 Å². The van der Waals surface area contributed by atoms with Gasteiger partial charge in [-0.25, -0.2) is 0 Å². The molecule has 0 fully saturated rings. The van der Waals surface area contributed by atoms with Crippen molar-refractivity contribution in [1.29, 1.82) is 0 Å². The van der Waals surface area contributed by atoms with Crippen LogP contribution in [-0.2, 0) is 25.5 Å². The fraction of sp³-hybridized carbons (Fsp3) is 0.375. The molecule has 0 radical (unpaired) electrons. The first-order valence-corrected chi connectivity index (χ1v) is 10.7. The molecule has 2 atom stereocenters. The third-order valence-electron chi connectivity index (χ3n) is 5.21. The van der Waals surface area contributed by atoms with Crippen molar-refractivity contribution in [2.75, 3.05) is 24.7 Å². The van der Waals surface area contributed by atoms with Crippen molar-refractivity contribution in [3.8, 4) is 5.75 Å². The van der Waals surface area contributed by atoms with E-state index in [-0.39, 0.29) is 32.1 Å². The van der Waals surface area contributed by atoms with E-state index in [4.69, 9.17) is 14.6 Å². The molecule has 1 aliphatic heterocycles. The summed E-state index contributed by atoms with van der Waals surface area (Å²) in [6.07, 6.45) is 0.860. The smallest absolute Gasteiger partial charge is 0.323 e. The molecule has 1 heterocycles. The van der Waals surface area contributed by atoms with Crippen LogP contribution >= 0.6 is 0 Å². The second-order valence-corrected chi connectivity index (χ2v) is 7.46. The summed E-state index contributed by atoms with van der Waals surface area (Å²) in [5.41, 5.74) is 1.59. The predicted molar refractivity (Wildman–Crippen MR) is 119 cm³/mol. The highest BCUT2D eigenvalue weighted by molar-refractivity contribution is 6.00. The molecule has 1 aliphatic rings. The highest BCUT2D eigenvalue weighted by atomic mass is 16.5. The molecule has 1 amide bonds. The number of para-hydroxylation sites is 2. The number of benzene rings is 2. The Morgan fingerprint density at radius 2 is 1.91 bits per heavy atom. The van der Waals surface area contributed by atoms with Crippen LogP contribution in [0.1, 0.15) is 25.3 Å². The van der Waals surface area contributed by atoms with Gasteiger partial charge < -0.3 is 19.5 Å². The number of carboxylic acids is 1. The SMILES string of the molecule is CCOC(=O)[C@H](CCc1ccccc1)NC1COc2ccccc2N(CCC(=O)O)C1=O. The van der Waals surface area contributed by atoms with Gasteiger partial charge in [-0.2, -0.15) is 0 Å². The standard InChI is InChI=1S/C24H28N2O6/c1-2-31-24(30)18(13-12-17-8-4-3-5-9-17)25-19-16-32-21-11-7-6-10-20(21)26(23(19)29)15-14-22(27)28/h3-11,18-19,25H,2,12-16H2,1H3,(H,27,28)/t18-,19?/m0/s1. The number of hydrogen-bond acceptors (Lipinski definition) is 6. The number of aryl methyl sites for hydroxylation is 1. The number of ether oxygens (including phenoxy) is 2. The molecule has 2 aromatic carbocycles. The summed E-state index contributed by atoms with van der Waals surface area (Å²) >= 11 is 0.